The molecule has 2 aromatic heterocycles. The van der Waals surface area contributed by atoms with Crippen molar-refractivity contribution in [3.8, 4) is 0 Å². The van der Waals surface area contributed by atoms with E-state index in [9.17, 15) is 9.18 Å². The molecule has 4 rings (SSSR count). The van der Waals surface area contributed by atoms with Gasteiger partial charge in [0, 0.05) is 11.1 Å². The standard InChI is InChI=1S/C18H14FN7O/c19-14-9-5-4-8-13(14)10-26-17-15(22-25-26)16(20-11-21-17)23-24-18(27)12-6-2-1-3-7-12/h1-9,11H,10H2,(H,24,27)(H,20,21,23). The molecule has 2 N–H and O–H groups in total. The summed E-state index contributed by atoms with van der Waals surface area (Å²) in [4.78, 5) is 20.4. The Morgan fingerprint density at radius 3 is 2.63 bits per heavy atom. The van der Waals surface area contributed by atoms with Crippen molar-refractivity contribution in [1.29, 1.82) is 0 Å². The Balaban J connectivity index is 1.56. The topological polar surface area (TPSA) is 97.6 Å². The SMILES string of the molecule is O=C(NNc1ncnc2c1nnn2Cc1ccccc1F)c1ccccc1. The quantitative estimate of drug-likeness (QED) is 0.528. The number of amides is 1. The van der Waals surface area contributed by atoms with Gasteiger partial charge in [0.2, 0.25) is 0 Å². The lowest BCUT2D eigenvalue weighted by atomic mass is 10.2. The summed E-state index contributed by atoms with van der Waals surface area (Å²) in [6.07, 6.45) is 1.32. The minimum absolute atomic E-state index is 0.177. The minimum Gasteiger partial charge on any atom is -0.280 e. The second-order valence-corrected chi connectivity index (χ2v) is 5.68. The smallest absolute Gasteiger partial charge is 0.269 e. The summed E-state index contributed by atoms with van der Waals surface area (Å²) in [7, 11) is 0. The molecule has 1 amide bonds. The van der Waals surface area contributed by atoms with Crippen LogP contribution in [0.5, 0.6) is 0 Å². The van der Waals surface area contributed by atoms with Crippen LogP contribution in [0, 0.1) is 5.82 Å². The number of rotatable bonds is 5. The van der Waals surface area contributed by atoms with Gasteiger partial charge in [0.15, 0.2) is 17.0 Å². The second kappa shape index (κ2) is 7.16. The zero-order valence-corrected chi connectivity index (χ0v) is 14.0. The number of anilines is 1. The first-order chi connectivity index (χ1) is 13.2. The van der Waals surface area contributed by atoms with E-state index in [2.05, 4.69) is 31.1 Å². The van der Waals surface area contributed by atoms with Crippen molar-refractivity contribution in [1.82, 2.24) is 30.4 Å². The molecule has 0 unspecified atom stereocenters. The normalized spacial score (nSPS) is 10.7. The average Bonchev–Trinajstić information content (AvgIpc) is 3.12. The van der Waals surface area contributed by atoms with Crippen molar-refractivity contribution in [3.05, 3.63) is 77.9 Å². The first-order valence-electron chi connectivity index (χ1n) is 8.11. The van der Waals surface area contributed by atoms with Crippen molar-refractivity contribution in [2.45, 2.75) is 6.54 Å². The third-order valence-electron chi connectivity index (χ3n) is 3.91. The Bertz CT molecular complexity index is 1100. The third kappa shape index (κ3) is 3.43. The lowest BCUT2D eigenvalue weighted by Gasteiger charge is -2.08. The maximum Gasteiger partial charge on any atom is 0.269 e. The van der Waals surface area contributed by atoms with Crippen LogP contribution in [-0.2, 0) is 6.54 Å². The molecule has 0 fully saturated rings. The van der Waals surface area contributed by atoms with Gasteiger partial charge < -0.3 is 0 Å². The number of hydrogen-bond donors (Lipinski definition) is 2. The molecule has 0 bridgehead atoms. The number of hydrogen-bond acceptors (Lipinski definition) is 6. The van der Waals surface area contributed by atoms with Crippen LogP contribution in [0.4, 0.5) is 10.2 Å². The fourth-order valence-corrected chi connectivity index (χ4v) is 2.56. The van der Waals surface area contributed by atoms with E-state index in [1.807, 2.05) is 6.07 Å². The van der Waals surface area contributed by atoms with Gasteiger partial charge in [-0.15, -0.1) is 5.10 Å². The maximum absolute atomic E-state index is 13.9. The number of carbonyl (C=O) groups is 1. The average molecular weight is 363 g/mol. The lowest BCUT2D eigenvalue weighted by molar-refractivity contribution is 0.0962. The number of carbonyl (C=O) groups excluding carboxylic acids is 1. The van der Waals surface area contributed by atoms with Crippen LogP contribution in [0.1, 0.15) is 15.9 Å². The van der Waals surface area contributed by atoms with Gasteiger partial charge in [-0.3, -0.25) is 15.6 Å². The van der Waals surface area contributed by atoms with E-state index in [1.165, 1.54) is 17.1 Å². The van der Waals surface area contributed by atoms with Gasteiger partial charge >= 0.3 is 0 Å². The summed E-state index contributed by atoms with van der Waals surface area (Å²) >= 11 is 0. The highest BCUT2D eigenvalue weighted by atomic mass is 19.1. The molecule has 0 aliphatic carbocycles. The molecule has 0 saturated carbocycles. The second-order valence-electron chi connectivity index (χ2n) is 5.68. The summed E-state index contributed by atoms with van der Waals surface area (Å²) < 4.78 is 15.3. The van der Waals surface area contributed by atoms with Crippen molar-refractivity contribution in [2.24, 2.45) is 0 Å². The molecule has 0 atom stereocenters. The number of aromatic nitrogens is 5. The van der Waals surface area contributed by atoms with Crippen LogP contribution in [0.25, 0.3) is 11.2 Å². The molecule has 0 radical (unpaired) electrons. The maximum atomic E-state index is 13.9. The molecule has 0 aliphatic heterocycles. The Labute approximate surface area is 153 Å². The lowest BCUT2D eigenvalue weighted by Crippen LogP contribution is -2.29. The van der Waals surface area contributed by atoms with Gasteiger partial charge in [-0.1, -0.05) is 41.6 Å². The summed E-state index contributed by atoms with van der Waals surface area (Å²) in [6.45, 7) is 0.177. The Kier molecular flexibility index (Phi) is 4.40. The van der Waals surface area contributed by atoms with Gasteiger partial charge in [0.25, 0.3) is 5.91 Å². The molecule has 9 heteroatoms. The summed E-state index contributed by atoms with van der Waals surface area (Å²) in [5.74, 6) is -0.353. The molecule has 0 saturated heterocycles. The summed E-state index contributed by atoms with van der Waals surface area (Å²) in [5, 5.41) is 8.07. The first kappa shape index (κ1) is 16.6. The monoisotopic (exact) mass is 363 g/mol. The van der Waals surface area contributed by atoms with Crippen molar-refractivity contribution in [3.63, 3.8) is 0 Å². The number of benzene rings is 2. The first-order valence-corrected chi connectivity index (χ1v) is 8.11. The largest absolute Gasteiger partial charge is 0.280 e. The molecule has 2 heterocycles. The molecule has 2 aromatic carbocycles. The van der Waals surface area contributed by atoms with E-state index in [1.54, 1.807) is 42.5 Å². The van der Waals surface area contributed by atoms with E-state index in [4.69, 9.17) is 0 Å². The highest BCUT2D eigenvalue weighted by Crippen LogP contribution is 2.17. The Hall–Kier alpha value is -3.88. The van der Waals surface area contributed by atoms with Crippen molar-refractivity contribution >= 4 is 22.9 Å². The van der Waals surface area contributed by atoms with Crippen LogP contribution in [0.3, 0.4) is 0 Å². The predicted molar refractivity (Wildman–Crippen MR) is 96.2 cm³/mol. The zero-order chi connectivity index (χ0) is 18.6. The Morgan fingerprint density at radius 1 is 1.04 bits per heavy atom. The molecule has 27 heavy (non-hydrogen) atoms. The Morgan fingerprint density at radius 2 is 1.81 bits per heavy atom. The molecule has 4 aromatic rings. The zero-order valence-electron chi connectivity index (χ0n) is 14.0. The minimum atomic E-state index is -0.330. The number of halogens is 1. The van der Waals surface area contributed by atoms with Gasteiger partial charge in [0.1, 0.15) is 12.1 Å². The van der Waals surface area contributed by atoms with E-state index < -0.39 is 0 Å². The number of nitrogens with zero attached hydrogens (tertiary/aromatic N) is 5. The van der Waals surface area contributed by atoms with E-state index >= 15 is 0 Å². The fourth-order valence-electron chi connectivity index (χ4n) is 2.56. The third-order valence-corrected chi connectivity index (χ3v) is 3.91. The molecular formula is C18H14FN7O. The predicted octanol–water partition coefficient (Wildman–Crippen LogP) is 2.17. The van der Waals surface area contributed by atoms with Crippen LogP contribution < -0.4 is 10.9 Å². The van der Waals surface area contributed by atoms with E-state index in [0.29, 0.717) is 28.1 Å². The van der Waals surface area contributed by atoms with Crippen LogP contribution in [0.15, 0.2) is 60.9 Å². The van der Waals surface area contributed by atoms with Gasteiger partial charge in [0.05, 0.1) is 6.54 Å². The number of hydrazine groups is 1. The molecule has 0 spiro atoms. The molecule has 0 aliphatic rings. The summed E-state index contributed by atoms with van der Waals surface area (Å²) in [6, 6.07) is 15.2. The fraction of sp³-hybridized carbons (Fsp3) is 0.0556. The highest BCUT2D eigenvalue weighted by Gasteiger charge is 2.14. The summed E-state index contributed by atoms with van der Waals surface area (Å²) in [5.41, 5.74) is 7.04. The van der Waals surface area contributed by atoms with Crippen molar-refractivity contribution in [2.75, 3.05) is 5.43 Å². The van der Waals surface area contributed by atoms with Crippen LogP contribution >= 0.6 is 0 Å². The van der Waals surface area contributed by atoms with E-state index in [0.717, 1.165) is 0 Å². The number of fused-ring (bicyclic) bond motifs is 1. The van der Waals surface area contributed by atoms with Crippen LogP contribution in [-0.4, -0.2) is 30.9 Å². The van der Waals surface area contributed by atoms with Crippen molar-refractivity contribution < 1.29 is 9.18 Å². The van der Waals surface area contributed by atoms with E-state index in [-0.39, 0.29) is 18.3 Å². The van der Waals surface area contributed by atoms with Gasteiger partial charge in [-0.2, -0.15) is 0 Å². The van der Waals surface area contributed by atoms with Gasteiger partial charge in [-0.05, 0) is 18.2 Å². The molecule has 134 valence electrons. The number of nitrogens with one attached hydrogen (secondary N) is 2. The molecular weight excluding hydrogens is 349 g/mol. The highest BCUT2D eigenvalue weighted by molar-refractivity contribution is 5.95. The van der Waals surface area contributed by atoms with Crippen LogP contribution in [0.2, 0.25) is 0 Å². The molecule has 8 nitrogen and oxygen atoms in total. The van der Waals surface area contributed by atoms with Gasteiger partial charge in [-0.25, -0.2) is 19.0 Å².